The molecule has 1 saturated carbocycles. The van der Waals surface area contributed by atoms with Gasteiger partial charge in [-0.15, -0.1) is 0 Å². The van der Waals surface area contributed by atoms with Crippen molar-refractivity contribution in [3.05, 3.63) is 35.4 Å². The molecule has 1 aromatic rings. The molecular weight excluding hydrogens is 420 g/mol. The van der Waals surface area contributed by atoms with Crippen molar-refractivity contribution in [3.8, 4) is 0 Å². The van der Waals surface area contributed by atoms with Gasteiger partial charge in [-0.1, -0.05) is 25.0 Å². The molecule has 0 radical (unpaired) electrons. The molecule has 10 heteroatoms. The summed E-state index contributed by atoms with van der Waals surface area (Å²) in [6.07, 6.45) is -2.96. The molecule has 2 heterocycles. The summed E-state index contributed by atoms with van der Waals surface area (Å²) in [5, 5.41) is 42.3. The minimum Gasteiger partial charge on any atom is -0.394 e. The lowest BCUT2D eigenvalue weighted by atomic mass is 9.78. The van der Waals surface area contributed by atoms with Crippen LogP contribution in [0.2, 0.25) is 0 Å². The molecule has 10 nitrogen and oxygen atoms in total. The third-order valence-corrected chi connectivity index (χ3v) is 6.75. The fourth-order valence-electron chi connectivity index (χ4n) is 4.94. The van der Waals surface area contributed by atoms with Crippen LogP contribution >= 0.6 is 0 Å². The highest BCUT2D eigenvalue weighted by molar-refractivity contribution is 6.21. The summed E-state index contributed by atoms with van der Waals surface area (Å²) in [5.74, 6) is -2.02. The number of nitrogens with one attached hydrogen (secondary N) is 1. The van der Waals surface area contributed by atoms with E-state index in [1.165, 1.54) is 4.90 Å². The standard InChI is InChI=1S/C22H28N2O8/c25-10-15-17(26)18(27)16(22(31)32-15)23-19(28)12-6-2-1-5-11(12)9-24-20(29)13-7-3-4-8-14(13)21(24)30/h3-4,7-8,11-12,15-18,22,25-27,31H,1-2,5-6,9-10H2,(H,23,28)/t11?,12?,15-,16?,17?,18-,22?/m1/s1. The van der Waals surface area contributed by atoms with E-state index in [9.17, 15) is 34.8 Å². The number of carbonyl (C=O) groups is 3. The van der Waals surface area contributed by atoms with Gasteiger partial charge in [-0.25, -0.2) is 0 Å². The molecule has 3 aliphatic rings. The van der Waals surface area contributed by atoms with Crippen molar-refractivity contribution < 1.29 is 39.5 Å². The fraction of sp³-hybridized carbons (Fsp3) is 0.591. The van der Waals surface area contributed by atoms with E-state index in [1.54, 1.807) is 24.3 Å². The minimum absolute atomic E-state index is 0.103. The van der Waals surface area contributed by atoms with Crippen molar-refractivity contribution in [2.75, 3.05) is 13.2 Å². The molecule has 0 bridgehead atoms. The van der Waals surface area contributed by atoms with Crippen LogP contribution in [0.25, 0.3) is 0 Å². The van der Waals surface area contributed by atoms with Gasteiger partial charge in [0.2, 0.25) is 5.91 Å². The number of benzene rings is 1. The molecule has 0 spiro atoms. The molecule has 1 saturated heterocycles. The summed E-state index contributed by atoms with van der Waals surface area (Å²) >= 11 is 0. The Bertz CT molecular complexity index is 857. The van der Waals surface area contributed by atoms with Crippen molar-refractivity contribution in [2.45, 2.75) is 56.3 Å². The van der Waals surface area contributed by atoms with E-state index < -0.39 is 49.1 Å². The monoisotopic (exact) mass is 448 g/mol. The minimum atomic E-state index is -1.60. The van der Waals surface area contributed by atoms with E-state index in [0.29, 0.717) is 24.0 Å². The largest absolute Gasteiger partial charge is 0.394 e. The van der Waals surface area contributed by atoms with Crippen LogP contribution in [0.5, 0.6) is 0 Å². The van der Waals surface area contributed by atoms with Crippen molar-refractivity contribution in [1.29, 1.82) is 0 Å². The lowest BCUT2D eigenvalue weighted by molar-refractivity contribution is -0.254. The maximum atomic E-state index is 13.1. The molecule has 7 atom stereocenters. The Kier molecular flexibility index (Phi) is 6.59. The van der Waals surface area contributed by atoms with Crippen molar-refractivity contribution >= 4 is 17.7 Å². The van der Waals surface area contributed by atoms with Crippen LogP contribution in [-0.2, 0) is 9.53 Å². The number of carbonyl (C=O) groups excluding carboxylic acids is 3. The smallest absolute Gasteiger partial charge is 0.261 e. The lowest BCUT2D eigenvalue weighted by Gasteiger charge is -2.41. The molecule has 3 amide bonds. The molecule has 0 aromatic heterocycles. The highest BCUT2D eigenvalue weighted by atomic mass is 16.6. The van der Waals surface area contributed by atoms with Gasteiger partial charge in [0.25, 0.3) is 11.8 Å². The Hall–Kier alpha value is -2.37. The van der Waals surface area contributed by atoms with Gasteiger partial charge in [-0.2, -0.15) is 0 Å². The number of rotatable bonds is 5. The molecule has 5 unspecified atom stereocenters. The number of fused-ring (bicyclic) bond motifs is 1. The average Bonchev–Trinajstić information content (AvgIpc) is 3.04. The Labute approximate surface area is 184 Å². The maximum absolute atomic E-state index is 13.1. The van der Waals surface area contributed by atoms with Crippen molar-refractivity contribution in [2.24, 2.45) is 11.8 Å². The topological polar surface area (TPSA) is 157 Å². The first-order chi connectivity index (χ1) is 15.3. The van der Waals surface area contributed by atoms with Gasteiger partial charge in [-0.05, 0) is 30.9 Å². The average molecular weight is 448 g/mol. The van der Waals surface area contributed by atoms with E-state index in [2.05, 4.69) is 5.32 Å². The zero-order valence-corrected chi connectivity index (χ0v) is 17.5. The number of aliphatic hydroxyl groups is 4. The second-order valence-electron chi connectivity index (χ2n) is 8.68. The SMILES string of the molecule is O=C(NC1C(O)O[C@H](CO)C(O)[C@@H]1O)C1CCCCC1CN1C(=O)c2ccccc2C1=O. The van der Waals surface area contributed by atoms with Crippen LogP contribution < -0.4 is 5.32 Å². The highest BCUT2D eigenvalue weighted by Crippen LogP contribution is 2.34. The van der Waals surface area contributed by atoms with Gasteiger partial charge in [0.15, 0.2) is 6.29 Å². The van der Waals surface area contributed by atoms with Gasteiger partial charge in [0.05, 0.1) is 17.7 Å². The molecule has 2 aliphatic heterocycles. The zero-order valence-electron chi connectivity index (χ0n) is 17.5. The van der Waals surface area contributed by atoms with Gasteiger partial charge in [0.1, 0.15) is 24.4 Å². The van der Waals surface area contributed by atoms with E-state index in [1.807, 2.05) is 0 Å². The van der Waals surface area contributed by atoms with Crippen LogP contribution in [0, 0.1) is 11.8 Å². The normalized spacial score (nSPS) is 35.0. The van der Waals surface area contributed by atoms with Crippen LogP contribution in [-0.4, -0.2) is 86.8 Å². The van der Waals surface area contributed by atoms with Crippen molar-refractivity contribution in [1.82, 2.24) is 10.2 Å². The number of hydrogen-bond donors (Lipinski definition) is 5. The molecule has 1 aromatic carbocycles. The predicted molar refractivity (Wildman–Crippen MR) is 109 cm³/mol. The number of nitrogens with zero attached hydrogens (tertiary/aromatic N) is 1. The molecule has 32 heavy (non-hydrogen) atoms. The fourth-order valence-corrected chi connectivity index (χ4v) is 4.94. The number of ether oxygens (including phenoxy) is 1. The molecular formula is C22H28N2O8. The predicted octanol–water partition coefficient (Wildman–Crippen LogP) is -0.995. The van der Waals surface area contributed by atoms with Gasteiger partial charge >= 0.3 is 0 Å². The quantitative estimate of drug-likeness (QED) is 0.359. The Morgan fingerprint density at radius 3 is 2.28 bits per heavy atom. The zero-order chi connectivity index (χ0) is 23.0. The Balaban J connectivity index is 1.45. The Morgan fingerprint density at radius 2 is 1.66 bits per heavy atom. The van der Waals surface area contributed by atoms with Crippen LogP contribution in [0.4, 0.5) is 0 Å². The highest BCUT2D eigenvalue weighted by Gasteiger charge is 2.46. The number of imide groups is 1. The van der Waals surface area contributed by atoms with Crippen LogP contribution in [0.3, 0.4) is 0 Å². The lowest BCUT2D eigenvalue weighted by Crippen LogP contribution is -2.65. The second kappa shape index (κ2) is 9.24. The molecule has 4 rings (SSSR count). The molecule has 2 fully saturated rings. The summed E-state index contributed by atoms with van der Waals surface area (Å²) < 4.78 is 5.10. The molecule has 5 N–H and O–H groups in total. The Morgan fingerprint density at radius 1 is 1.03 bits per heavy atom. The number of hydrogen-bond acceptors (Lipinski definition) is 8. The van der Waals surface area contributed by atoms with Crippen molar-refractivity contribution in [3.63, 3.8) is 0 Å². The summed E-state index contributed by atoms with van der Waals surface area (Å²) in [6.45, 7) is -0.493. The van der Waals surface area contributed by atoms with E-state index >= 15 is 0 Å². The number of aliphatic hydroxyl groups excluding tert-OH is 4. The molecule has 1 aliphatic carbocycles. The second-order valence-corrected chi connectivity index (χ2v) is 8.68. The van der Waals surface area contributed by atoms with Crippen LogP contribution in [0.1, 0.15) is 46.4 Å². The third kappa shape index (κ3) is 4.04. The van der Waals surface area contributed by atoms with E-state index in [4.69, 9.17) is 4.74 Å². The van der Waals surface area contributed by atoms with E-state index in [0.717, 1.165) is 12.8 Å². The first-order valence-electron chi connectivity index (χ1n) is 10.9. The van der Waals surface area contributed by atoms with Gasteiger partial charge in [0, 0.05) is 12.5 Å². The van der Waals surface area contributed by atoms with Gasteiger partial charge in [-0.3, -0.25) is 19.3 Å². The summed E-state index contributed by atoms with van der Waals surface area (Å²) in [4.78, 5) is 39.7. The van der Waals surface area contributed by atoms with Gasteiger partial charge < -0.3 is 30.5 Å². The summed E-state index contributed by atoms with van der Waals surface area (Å²) in [7, 11) is 0. The first kappa shape index (κ1) is 22.8. The first-order valence-corrected chi connectivity index (χ1v) is 10.9. The maximum Gasteiger partial charge on any atom is 0.261 e. The summed E-state index contributed by atoms with van der Waals surface area (Å²) in [6, 6.07) is 5.34. The summed E-state index contributed by atoms with van der Waals surface area (Å²) in [5.41, 5.74) is 0.708. The van der Waals surface area contributed by atoms with Crippen LogP contribution in [0.15, 0.2) is 24.3 Å². The molecule has 174 valence electrons. The van der Waals surface area contributed by atoms with E-state index in [-0.39, 0.29) is 24.3 Å². The third-order valence-electron chi connectivity index (χ3n) is 6.75. The number of amides is 3.